The quantitative estimate of drug-likeness (QED) is 0.565. The Kier molecular flexibility index (Phi) is 5.88. The molecule has 0 amide bonds. The second-order valence-electron chi connectivity index (χ2n) is 8.70. The maximum atomic E-state index is 5.64. The average Bonchev–Trinajstić information content (AvgIpc) is 3.13. The van der Waals surface area contributed by atoms with Crippen LogP contribution in [0.2, 0.25) is 0 Å². The first-order valence-corrected chi connectivity index (χ1v) is 12.3. The number of aromatic nitrogens is 3. The molecule has 160 valence electrons. The zero-order chi connectivity index (χ0) is 20.7. The van der Waals surface area contributed by atoms with E-state index in [9.17, 15) is 0 Å². The Morgan fingerprint density at radius 1 is 1.13 bits per heavy atom. The van der Waals surface area contributed by atoms with Crippen LogP contribution < -0.4 is 0 Å². The Balaban J connectivity index is 1.37. The van der Waals surface area contributed by atoms with Crippen LogP contribution in [0, 0.1) is 13.8 Å². The molecular weight excluding hydrogens is 412 g/mol. The zero-order valence-electron chi connectivity index (χ0n) is 17.8. The molecular formula is C23H30N4OS2. The Hall–Kier alpha value is -1.41. The number of ether oxygens (including phenoxy) is 1. The van der Waals surface area contributed by atoms with Gasteiger partial charge in [0.15, 0.2) is 0 Å². The Morgan fingerprint density at radius 3 is 2.73 bits per heavy atom. The van der Waals surface area contributed by atoms with Crippen LogP contribution >= 0.6 is 24.2 Å². The van der Waals surface area contributed by atoms with Gasteiger partial charge in [0.1, 0.15) is 10.7 Å². The zero-order valence-corrected chi connectivity index (χ0v) is 19.5. The van der Waals surface area contributed by atoms with E-state index in [0.717, 1.165) is 47.7 Å². The fraction of sp³-hybridized carbons (Fsp3) is 0.565. The SMILES string of the molecule is Cc1nc(-c2cn(S)c3ncc([C@H]4CC[C@H](N5CCCOCC5)CC4)cc23)sc1C. The number of hydrogen-bond acceptors (Lipinski definition) is 6. The maximum Gasteiger partial charge on any atom is 0.150 e. The summed E-state index contributed by atoms with van der Waals surface area (Å²) in [4.78, 5) is 13.5. The maximum absolute atomic E-state index is 5.64. The highest BCUT2D eigenvalue weighted by Crippen LogP contribution is 2.39. The van der Waals surface area contributed by atoms with Crippen molar-refractivity contribution in [2.75, 3.05) is 26.3 Å². The molecule has 0 aromatic carbocycles. The predicted molar refractivity (Wildman–Crippen MR) is 127 cm³/mol. The van der Waals surface area contributed by atoms with Crippen LogP contribution in [0.25, 0.3) is 21.6 Å². The Labute approximate surface area is 188 Å². The number of hydrogen-bond donors (Lipinski definition) is 1. The van der Waals surface area contributed by atoms with Crippen molar-refractivity contribution in [3.8, 4) is 10.6 Å². The summed E-state index contributed by atoms with van der Waals surface area (Å²) in [5.74, 6) is 0.595. The standard InChI is InChI=1S/C23H30N4OS2/c1-15-16(2)30-23(25-15)21-14-27(29)22-20(21)12-18(13-24-22)17-4-6-19(7-5-17)26-8-3-10-28-11-9-26/h12-14,17,19,29H,3-11H2,1-2H3/t17-,19-. The number of aryl methyl sites for hydroxylation is 2. The van der Waals surface area contributed by atoms with Gasteiger partial charge in [-0.05, 0) is 63.5 Å². The van der Waals surface area contributed by atoms with Crippen LogP contribution in [0.4, 0.5) is 0 Å². The summed E-state index contributed by atoms with van der Waals surface area (Å²) >= 11 is 6.36. The third-order valence-electron chi connectivity index (χ3n) is 6.85. The number of nitrogens with zero attached hydrogens (tertiary/aromatic N) is 4. The number of thiol groups is 1. The van der Waals surface area contributed by atoms with Crippen molar-refractivity contribution in [2.24, 2.45) is 0 Å². The summed E-state index contributed by atoms with van der Waals surface area (Å²) in [7, 11) is 0. The minimum atomic E-state index is 0.595. The Morgan fingerprint density at radius 2 is 1.97 bits per heavy atom. The largest absolute Gasteiger partial charge is 0.380 e. The summed E-state index contributed by atoms with van der Waals surface area (Å²) in [5.41, 5.74) is 4.54. The topological polar surface area (TPSA) is 43.2 Å². The molecule has 4 heterocycles. The molecule has 3 aromatic heterocycles. The van der Waals surface area contributed by atoms with Crippen LogP contribution in [0.3, 0.4) is 0 Å². The van der Waals surface area contributed by atoms with E-state index in [4.69, 9.17) is 14.7 Å². The molecule has 0 N–H and O–H groups in total. The fourth-order valence-corrected chi connectivity index (χ4v) is 6.21. The third kappa shape index (κ3) is 3.93. The van der Waals surface area contributed by atoms with Crippen molar-refractivity contribution in [3.63, 3.8) is 0 Å². The first kappa shape index (κ1) is 20.5. The van der Waals surface area contributed by atoms with Crippen molar-refractivity contribution in [1.29, 1.82) is 0 Å². The molecule has 7 heteroatoms. The number of thiazole rings is 1. The van der Waals surface area contributed by atoms with Crippen molar-refractivity contribution in [2.45, 2.75) is 57.9 Å². The lowest BCUT2D eigenvalue weighted by Gasteiger charge is -2.36. The van der Waals surface area contributed by atoms with Gasteiger partial charge in [-0.15, -0.1) is 11.3 Å². The van der Waals surface area contributed by atoms with Gasteiger partial charge in [-0.3, -0.25) is 8.87 Å². The normalized spacial score (nSPS) is 23.7. The van der Waals surface area contributed by atoms with Gasteiger partial charge in [-0.1, -0.05) is 12.8 Å². The van der Waals surface area contributed by atoms with Crippen LogP contribution in [-0.4, -0.2) is 51.2 Å². The van der Waals surface area contributed by atoms with E-state index >= 15 is 0 Å². The average molecular weight is 443 g/mol. The lowest BCUT2D eigenvalue weighted by Crippen LogP contribution is -2.39. The Bertz CT molecular complexity index is 1010. The molecule has 5 nitrogen and oxygen atoms in total. The first-order valence-electron chi connectivity index (χ1n) is 11.1. The molecule has 0 unspecified atom stereocenters. The minimum absolute atomic E-state index is 0.595. The molecule has 5 rings (SSSR count). The first-order chi connectivity index (χ1) is 14.6. The molecule has 0 radical (unpaired) electrons. The van der Waals surface area contributed by atoms with E-state index in [-0.39, 0.29) is 0 Å². The molecule has 2 aliphatic rings. The van der Waals surface area contributed by atoms with Crippen LogP contribution in [0.15, 0.2) is 18.5 Å². The second-order valence-corrected chi connectivity index (χ2v) is 10.3. The third-order valence-corrected chi connectivity index (χ3v) is 8.26. The van der Waals surface area contributed by atoms with E-state index < -0.39 is 0 Å². The van der Waals surface area contributed by atoms with Gasteiger partial charge in [0.25, 0.3) is 0 Å². The summed E-state index contributed by atoms with van der Waals surface area (Å²) in [6.07, 6.45) is 10.3. The van der Waals surface area contributed by atoms with Crippen LogP contribution in [0.5, 0.6) is 0 Å². The van der Waals surface area contributed by atoms with E-state index in [0.29, 0.717) is 5.92 Å². The van der Waals surface area contributed by atoms with Gasteiger partial charge in [0, 0.05) is 54.0 Å². The molecule has 0 bridgehead atoms. The molecule has 0 spiro atoms. The van der Waals surface area contributed by atoms with Gasteiger partial charge in [-0.2, -0.15) is 0 Å². The highest BCUT2D eigenvalue weighted by Gasteiger charge is 2.28. The molecule has 1 aliphatic carbocycles. The van der Waals surface area contributed by atoms with Crippen molar-refractivity contribution >= 4 is 35.2 Å². The fourth-order valence-electron chi connectivity index (χ4n) is 4.99. The van der Waals surface area contributed by atoms with Crippen LogP contribution in [0.1, 0.15) is 54.2 Å². The monoisotopic (exact) mass is 442 g/mol. The highest BCUT2D eigenvalue weighted by molar-refractivity contribution is 7.78. The van der Waals surface area contributed by atoms with Gasteiger partial charge < -0.3 is 4.74 Å². The van der Waals surface area contributed by atoms with Gasteiger partial charge in [0.2, 0.25) is 0 Å². The minimum Gasteiger partial charge on any atom is -0.380 e. The van der Waals surface area contributed by atoms with Crippen molar-refractivity contribution in [1.82, 2.24) is 18.8 Å². The van der Waals surface area contributed by atoms with Gasteiger partial charge >= 0.3 is 0 Å². The van der Waals surface area contributed by atoms with Crippen molar-refractivity contribution in [3.05, 3.63) is 34.6 Å². The molecule has 1 aliphatic heterocycles. The summed E-state index contributed by atoms with van der Waals surface area (Å²) < 4.78 is 7.48. The van der Waals surface area contributed by atoms with Gasteiger partial charge in [0.05, 0.1) is 12.3 Å². The lowest BCUT2D eigenvalue weighted by atomic mass is 9.81. The molecule has 1 saturated heterocycles. The van der Waals surface area contributed by atoms with Crippen LogP contribution in [-0.2, 0) is 4.74 Å². The smallest absolute Gasteiger partial charge is 0.150 e. The van der Waals surface area contributed by atoms with Crippen molar-refractivity contribution < 1.29 is 4.74 Å². The van der Waals surface area contributed by atoms with E-state index in [2.05, 4.69) is 50.0 Å². The molecule has 0 atom stereocenters. The summed E-state index contributed by atoms with van der Waals surface area (Å²) in [6.45, 7) is 8.30. The molecule has 3 aromatic rings. The summed E-state index contributed by atoms with van der Waals surface area (Å²) in [5, 5.41) is 2.23. The van der Waals surface area contributed by atoms with E-state index in [1.807, 2.05) is 3.97 Å². The predicted octanol–water partition coefficient (Wildman–Crippen LogP) is 5.22. The number of pyridine rings is 1. The number of rotatable bonds is 3. The molecule has 2 fully saturated rings. The highest BCUT2D eigenvalue weighted by atomic mass is 32.1. The van der Waals surface area contributed by atoms with E-state index in [1.54, 1.807) is 11.3 Å². The molecule has 30 heavy (non-hydrogen) atoms. The second kappa shape index (κ2) is 8.61. The van der Waals surface area contributed by atoms with E-state index in [1.165, 1.54) is 54.5 Å². The summed E-state index contributed by atoms with van der Waals surface area (Å²) in [6, 6.07) is 3.07. The molecule has 1 saturated carbocycles. The lowest BCUT2D eigenvalue weighted by molar-refractivity contribution is 0.118. The van der Waals surface area contributed by atoms with Gasteiger partial charge in [-0.25, -0.2) is 9.97 Å². The number of fused-ring (bicyclic) bond motifs is 1.